The summed E-state index contributed by atoms with van der Waals surface area (Å²) in [6.45, 7) is 0. The van der Waals surface area contributed by atoms with Crippen molar-refractivity contribution in [3.8, 4) is 44.5 Å². The van der Waals surface area contributed by atoms with E-state index in [1.807, 2.05) is 0 Å². The van der Waals surface area contributed by atoms with Crippen LogP contribution in [0.2, 0.25) is 0 Å². The second-order valence-corrected chi connectivity index (χ2v) is 7.41. The second kappa shape index (κ2) is 8.23. The standard InChI is InChI=1S/C30H22/c1-5-13-23(14-6-1)27-21-29(25-17-9-3-10-18-25)30(26-19-11-4-12-20-26)22-28(27)24-15-7-2-8-16-24/h1-22H. The molecule has 0 amide bonds. The molecule has 0 bridgehead atoms. The smallest absolute Gasteiger partial charge is 0.00988 e. The van der Waals surface area contributed by atoms with Crippen LogP contribution >= 0.6 is 0 Å². The monoisotopic (exact) mass is 382 g/mol. The largest absolute Gasteiger partial charge is 0.0622 e. The molecular weight excluding hydrogens is 360 g/mol. The molecule has 0 heterocycles. The predicted molar refractivity (Wildman–Crippen MR) is 128 cm³/mol. The molecule has 0 heteroatoms. The number of hydrogen-bond donors (Lipinski definition) is 0. The molecule has 0 aromatic heterocycles. The van der Waals surface area contributed by atoms with Gasteiger partial charge in [0.1, 0.15) is 0 Å². The van der Waals surface area contributed by atoms with Crippen LogP contribution in [0.5, 0.6) is 0 Å². The topological polar surface area (TPSA) is 0 Å². The Bertz CT molecular complexity index is 1040. The summed E-state index contributed by atoms with van der Waals surface area (Å²) in [5.41, 5.74) is 9.92. The lowest BCUT2D eigenvalue weighted by Gasteiger charge is -2.18. The van der Waals surface area contributed by atoms with Gasteiger partial charge in [0.05, 0.1) is 0 Å². The maximum atomic E-state index is 2.36. The molecule has 0 saturated heterocycles. The van der Waals surface area contributed by atoms with Gasteiger partial charge in [-0.3, -0.25) is 0 Å². The van der Waals surface area contributed by atoms with Crippen LogP contribution in [0.4, 0.5) is 0 Å². The van der Waals surface area contributed by atoms with Crippen molar-refractivity contribution in [1.82, 2.24) is 0 Å². The van der Waals surface area contributed by atoms with E-state index in [1.54, 1.807) is 0 Å². The lowest BCUT2D eigenvalue weighted by molar-refractivity contribution is 1.54. The number of hydrogen-bond acceptors (Lipinski definition) is 0. The van der Waals surface area contributed by atoms with Crippen LogP contribution in [-0.2, 0) is 0 Å². The third-order valence-electron chi connectivity index (χ3n) is 5.50. The van der Waals surface area contributed by atoms with Crippen LogP contribution in [0.3, 0.4) is 0 Å². The fourth-order valence-corrected chi connectivity index (χ4v) is 4.03. The summed E-state index contributed by atoms with van der Waals surface area (Å²) in [4.78, 5) is 0. The summed E-state index contributed by atoms with van der Waals surface area (Å²) in [6.07, 6.45) is 0. The highest BCUT2D eigenvalue weighted by atomic mass is 14.2. The highest BCUT2D eigenvalue weighted by Gasteiger charge is 2.15. The first-order chi connectivity index (χ1) is 14.9. The molecule has 0 aliphatic heterocycles. The molecule has 0 N–H and O–H groups in total. The molecular formula is C30H22. The van der Waals surface area contributed by atoms with Gasteiger partial charge < -0.3 is 0 Å². The van der Waals surface area contributed by atoms with Crippen LogP contribution in [-0.4, -0.2) is 0 Å². The molecule has 0 fully saturated rings. The van der Waals surface area contributed by atoms with Crippen molar-refractivity contribution in [1.29, 1.82) is 0 Å². The van der Waals surface area contributed by atoms with E-state index in [0.29, 0.717) is 0 Å². The normalized spacial score (nSPS) is 10.7. The molecule has 0 saturated carbocycles. The van der Waals surface area contributed by atoms with E-state index >= 15 is 0 Å². The summed E-state index contributed by atoms with van der Waals surface area (Å²) in [6, 6.07) is 47.4. The summed E-state index contributed by atoms with van der Waals surface area (Å²) in [7, 11) is 0. The Morgan fingerprint density at radius 1 is 0.233 bits per heavy atom. The molecule has 0 unspecified atom stereocenters. The maximum Gasteiger partial charge on any atom is -0.00988 e. The number of benzene rings is 5. The van der Waals surface area contributed by atoms with Crippen molar-refractivity contribution in [2.75, 3.05) is 0 Å². The quantitative estimate of drug-likeness (QED) is 0.293. The van der Waals surface area contributed by atoms with Gasteiger partial charge in [-0.15, -0.1) is 0 Å². The third-order valence-corrected chi connectivity index (χ3v) is 5.50. The summed E-state index contributed by atoms with van der Waals surface area (Å²) < 4.78 is 0. The Labute approximate surface area is 178 Å². The average Bonchev–Trinajstić information content (AvgIpc) is 2.85. The first-order valence-electron chi connectivity index (χ1n) is 10.3. The van der Waals surface area contributed by atoms with Crippen molar-refractivity contribution >= 4 is 0 Å². The van der Waals surface area contributed by atoms with Gasteiger partial charge in [0, 0.05) is 0 Å². The molecule has 0 nitrogen and oxygen atoms in total. The lowest BCUT2D eigenvalue weighted by atomic mass is 9.86. The Kier molecular flexibility index (Phi) is 4.98. The van der Waals surface area contributed by atoms with E-state index in [1.165, 1.54) is 44.5 Å². The van der Waals surface area contributed by atoms with Gasteiger partial charge in [-0.2, -0.15) is 0 Å². The molecule has 0 spiro atoms. The molecule has 142 valence electrons. The minimum Gasteiger partial charge on any atom is -0.0622 e. The zero-order valence-corrected chi connectivity index (χ0v) is 16.7. The van der Waals surface area contributed by atoms with E-state index < -0.39 is 0 Å². The first kappa shape index (κ1) is 18.1. The Morgan fingerprint density at radius 3 is 0.633 bits per heavy atom. The number of rotatable bonds is 4. The maximum absolute atomic E-state index is 2.36. The third kappa shape index (κ3) is 3.56. The highest BCUT2D eigenvalue weighted by Crippen LogP contribution is 2.41. The molecule has 30 heavy (non-hydrogen) atoms. The van der Waals surface area contributed by atoms with Crippen molar-refractivity contribution in [3.63, 3.8) is 0 Å². The molecule has 5 aromatic carbocycles. The summed E-state index contributed by atoms with van der Waals surface area (Å²) >= 11 is 0. The molecule has 0 aliphatic carbocycles. The predicted octanol–water partition coefficient (Wildman–Crippen LogP) is 8.35. The SMILES string of the molecule is c1ccc(-c2cc(-c3ccccc3)c(-c3ccccc3)cc2-c2ccccc2)cc1. The van der Waals surface area contributed by atoms with Gasteiger partial charge in [0.25, 0.3) is 0 Å². The molecule has 0 aliphatic rings. The van der Waals surface area contributed by atoms with Gasteiger partial charge in [-0.1, -0.05) is 121 Å². The van der Waals surface area contributed by atoms with Crippen molar-refractivity contribution in [2.24, 2.45) is 0 Å². The van der Waals surface area contributed by atoms with E-state index in [9.17, 15) is 0 Å². The Morgan fingerprint density at radius 2 is 0.433 bits per heavy atom. The molecule has 5 aromatic rings. The lowest BCUT2D eigenvalue weighted by Crippen LogP contribution is -1.92. The van der Waals surface area contributed by atoms with Crippen LogP contribution in [0.1, 0.15) is 0 Å². The van der Waals surface area contributed by atoms with Gasteiger partial charge in [0.15, 0.2) is 0 Å². The van der Waals surface area contributed by atoms with E-state index in [4.69, 9.17) is 0 Å². The van der Waals surface area contributed by atoms with Gasteiger partial charge in [-0.05, 0) is 56.6 Å². The minimum atomic E-state index is 1.23. The van der Waals surface area contributed by atoms with Gasteiger partial charge >= 0.3 is 0 Å². The fraction of sp³-hybridized carbons (Fsp3) is 0. The molecule has 0 radical (unpaired) electrons. The van der Waals surface area contributed by atoms with E-state index in [2.05, 4.69) is 133 Å². The Balaban J connectivity index is 1.85. The fourth-order valence-electron chi connectivity index (χ4n) is 4.03. The Hall–Kier alpha value is -3.90. The van der Waals surface area contributed by atoms with Crippen LogP contribution in [0, 0.1) is 0 Å². The molecule has 0 atom stereocenters. The van der Waals surface area contributed by atoms with Crippen LogP contribution in [0.25, 0.3) is 44.5 Å². The van der Waals surface area contributed by atoms with E-state index in [-0.39, 0.29) is 0 Å². The summed E-state index contributed by atoms with van der Waals surface area (Å²) in [5.74, 6) is 0. The first-order valence-corrected chi connectivity index (χ1v) is 10.3. The van der Waals surface area contributed by atoms with Crippen molar-refractivity contribution < 1.29 is 0 Å². The van der Waals surface area contributed by atoms with Crippen LogP contribution < -0.4 is 0 Å². The van der Waals surface area contributed by atoms with Crippen molar-refractivity contribution in [2.45, 2.75) is 0 Å². The minimum absolute atomic E-state index is 1.23. The average molecular weight is 383 g/mol. The zero-order valence-electron chi connectivity index (χ0n) is 16.7. The van der Waals surface area contributed by atoms with Crippen molar-refractivity contribution in [3.05, 3.63) is 133 Å². The zero-order chi connectivity index (χ0) is 20.2. The van der Waals surface area contributed by atoms with Gasteiger partial charge in [-0.25, -0.2) is 0 Å². The highest BCUT2D eigenvalue weighted by molar-refractivity contribution is 5.95. The summed E-state index contributed by atoms with van der Waals surface area (Å²) in [5, 5.41) is 0. The molecule has 5 rings (SSSR count). The van der Waals surface area contributed by atoms with Gasteiger partial charge in [0.2, 0.25) is 0 Å². The van der Waals surface area contributed by atoms with Crippen LogP contribution in [0.15, 0.2) is 133 Å². The second-order valence-electron chi connectivity index (χ2n) is 7.41. The van der Waals surface area contributed by atoms with E-state index in [0.717, 1.165) is 0 Å².